The molecule has 0 amide bonds. The van der Waals surface area contributed by atoms with Gasteiger partial charge < -0.3 is 14.6 Å². The lowest BCUT2D eigenvalue weighted by molar-refractivity contribution is -0.179. The van der Waals surface area contributed by atoms with Crippen molar-refractivity contribution in [2.75, 3.05) is 0 Å². The fourth-order valence-corrected chi connectivity index (χ4v) is 3.35. The van der Waals surface area contributed by atoms with E-state index in [4.69, 9.17) is 4.74 Å². The van der Waals surface area contributed by atoms with Gasteiger partial charge in [0.1, 0.15) is 0 Å². The first-order chi connectivity index (χ1) is 10.5. The molecule has 0 spiro atoms. The summed E-state index contributed by atoms with van der Waals surface area (Å²) < 4.78 is 9.27. The van der Waals surface area contributed by atoms with E-state index in [0.717, 1.165) is 12.0 Å². The average Bonchev–Trinajstić information content (AvgIpc) is 2.45. The van der Waals surface area contributed by atoms with E-state index < -0.39 is 18.2 Å². The normalized spacial score (nSPS) is 33.2. The number of esters is 3. The van der Waals surface area contributed by atoms with Crippen molar-refractivity contribution < 1.29 is 29.0 Å². The number of allylic oxidation sites excluding steroid dienone is 4. The number of hydrogen-bond acceptors (Lipinski definition) is 6. The Labute approximate surface area is 127 Å². The Morgan fingerprint density at radius 1 is 1.05 bits per heavy atom. The molecule has 118 valence electrons. The van der Waals surface area contributed by atoms with Gasteiger partial charge in [-0.1, -0.05) is 18.2 Å². The third-order valence-corrected chi connectivity index (χ3v) is 4.49. The van der Waals surface area contributed by atoms with E-state index in [1.165, 1.54) is 0 Å². The third-order valence-electron chi connectivity index (χ3n) is 4.49. The molecule has 2 saturated heterocycles. The number of carbonyl (C=O) groups is 3. The van der Waals surface area contributed by atoms with Crippen LogP contribution in [0.1, 0.15) is 32.1 Å². The quantitative estimate of drug-likeness (QED) is 0.610. The van der Waals surface area contributed by atoms with Crippen LogP contribution in [0.2, 0.25) is 0 Å². The average molecular weight is 306 g/mol. The summed E-state index contributed by atoms with van der Waals surface area (Å²) in [5.74, 6) is -1.23. The Kier molecular flexibility index (Phi) is 4.11. The maximum absolute atomic E-state index is 11.4. The lowest BCUT2D eigenvalue weighted by Gasteiger charge is -2.31. The van der Waals surface area contributed by atoms with E-state index in [1.54, 1.807) is 0 Å². The molecule has 22 heavy (non-hydrogen) atoms. The smallest absolute Gasteiger partial charge is 0.313 e. The van der Waals surface area contributed by atoms with Crippen LogP contribution in [0.5, 0.6) is 0 Å². The number of ether oxygens (including phenoxy) is 2. The van der Waals surface area contributed by atoms with Gasteiger partial charge in [0.05, 0.1) is 6.42 Å². The standard InChI is InChI=1S/C16H18O6/c17-13-5-11(6-14(18)21-13)9-1-2-10(4-3-9)12-7-15(19)22-16(20)8-12/h1-3,10-13,17H,4-8H2. The van der Waals surface area contributed by atoms with Gasteiger partial charge in [0.2, 0.25) is 6.29 Å². The minimum Gasteiger partial charge on any atom is -0.436 e. The molecule has 1 N–H and O–H groups in total. The Bertz CT molecular complexity index is 545. The third kappa shape index (κ3) is 3.27. The van der Waals surface area contributed by atoms with Crippen molar-refractivity contribution in [2.45, 2.75) is 38.4 Å². The van der Waals surface area contributed by atoms with Crippen LogP contribution in [-0.4, -0.2) is 29.3 Å². The van der Waals surface area contributed by atoms with E-state index in [-0.39, 0.29) is 43.0 Å². The Balaban J connectivity index is 1.62. The molecule has 3 rings (SSSR count). The predicted octanol–water partition coefficient (Wildman–Crippen LogP) is 1.24. The summed E-state index contributed by atoms with van der Waals surface area (Å²) in [5, 5.41) is 9.51. The molecule has 2 heterocycles. The number of cyclic esters (lactones) is 3. The Hall–Kier alpha value is -1.95. The van der Waals surface area contributed by atoms with Crippen molar-refractivity contribution in [1.29, 1.82) is 0 Å². The van der Waals surface area contributed by atoms with Crippen LogP contribution in [0.4, 0.5) is 0 Å². The van der Waals surface area contributed by atoms with Gasteiger partial charge in [-0.25, -0.2) is 0 Å². The Morgan fingerprint density at radius 3 is 2.36 bits per heavy atom. The van der Waals surface area contributed by atoms with E-state index in [0.29, 0.717) is 6.42 Å². The van der Waals surface area contributed by atoms with Gasteiger partial charge in [0.25, 0.3) is 0 Å². The summed E-state index contributed by atoms with van der Waals surface area (Å²) in [6.07, 6.45) is 6.85. The maximum Gasteiger partial charge on any atom is 0.313 e. The van der Waals surface area contributed by atoms with Gasteiger partial charge in [-0.3, -0.25) is 14.4 Å². The van der Waals surface area contributed by atoms with E-state index in [9.17, 15) is 19.5 Å². The summed E-state index contributed by atoms with van der Waals surface area (Å²) in [4.78, 5) is 34.1. The van der Waals surface area contributed by atoms with E-state index in [2.05, 4.69) is 4.74 Å². The van der Waals surface area contributed by atoms with Crippen LogP contribution in [0, 0.1) is 17.8 Å². The molecular weight excluding hydrogens is 288 g/mol. The molecule has 6 nitrogen and oxygen atoms in total. The lowest BCUT2D eigenvalue weighted by Crippen LogP contribution is -2.31. The molecule has 2 fully saturated rings. The highest BCUT2D eigenvalue weighted by Gasteiger charge is 2.34. The number of carbonyl (C=O) groups excluding carboxylic acids is 3. The summed E-state index contributed by atoms with van der Waals surface area (Å²) in [5.41, 5.74) is 1.01. The molecule has 6 heteroatoms. The predicted molar refractivity (Wildman–Crippen MR) is 74.0 cm³/mol. The first kappa shape index (κ1) is 15.0. The van der Waals surface area contributed by atoms with E-state index >= 15 is 0 Å². The summed E-state index contributed by atoms with van der Waals surface area (Å²) >= 11 is 0. The zero-order valence-electron chi connectivity index (χ0n) is 12.1. The monoisotopic (exact) mass is 306 g/mol. The van der Waals surface area contributed by atoms with Crippen molar-refractivity contribution in [1.82, 2.24) is 0 Å². The van der Waals surface area contributed by atoms with Crippen LogP contribution in [0.15, 0.2) is 23.8 Å². The number of aliphatic hydroxyl groups excluding tert-OH is 1. The lowest BCUT2D eigenvalue weighted by atomic mass is 9.78. The van der Waals surface area contributed by atoms with Gasteiger partial charge in [-0.2, -0.15) is 0 Å². The van der Waals surface area contributed by atoms with Crippen LogP contribution in [-0.2, 0) is 23.9 Å². The number of rotatable bonds is 2. The molecule has 0 saturated carbocycles. The van der Waals surface area contributed by atoms with Gasteiger partial charge in [0, 0.05) is 19.3 Å². The Morgan fingerprint density at radius 2 is 1.77 bits per heavy atom. The van der Waals surface area contributed by atoms with E-state index in [1.807, 2.05) is 18.2 Å². The SMILES string of the molecule is O=C1CC(C2C=CC(C3CC(=O)OC(O)C3)=CC2)CC(=O)O1. The molecule has 0 aromatic carbocycles. The minimum atomic E-state index is -1.04. The first-order valence-electron chi connectivity index (χ1n) is 7.50. The van der Waals surface area contributed by atoms with Crippen LogP contribution in [0.3, 0.4) is 0 Å². The second kappa shape index (κ2) is 6.04. The van der Waals surface area contributed by atoms with Gasteiger partial charge in [-0.05, 0) is 29.7 Å². The molecule has 0 aromatic heterocycles. The van der Waals surface area contributed by atoms with Crippen LogP contribution in [0.25, 0.3) is 0 Å². The highest BCUT2D eigenvalue weighted by Crippen LogP contribution is 2.35. The largest absolute Gasteiger partial charge is 0.436 e. The molecule has 0 aromatic rings. The van der Waals surface area contributed by atoms with Gasteiger partial charge in [0.15, 0.2) is 0 Å². The zero-order valence-corrected chi connectivity index (χ0v) is 12.1. The summed E-state index contributed by atoms with van der Waals surface area (Å²) in [6, 6.07) is 0. The molecule has 1 aliphatic carbocycles. The van der Waals surface area contributed by atoms with Gasteiger partial charge >= 0.3 is 17.9 Å². The first-order valence-corrected chi connectivity index (χ1v) is 7.50. The zero-order chi connectivity index (χ0) is 15.7. The fraction of sp³-hybridized carbons (Fsp3) is 0.562. The van der Waals surface area contributed by atoms with Crippen molar-refractivity contribution in [2.24, 2.45) is 17.8 Å². The van der Waals surface area contributed by atoms with Crippen molar-refractivity contribution in [3.8, 4) is 0 Å². The highest BCUT2D eigenvalue weighted by atomic mass is 16.6. The van der Waals surface area contributed by atoms with Crippen molar-refractivity contribution >= 4 is 17.9 Å². The second-order valence-electron chi connectivity index (χ2n) is 6.06. The number of aliphatic hydroxyl groups is 1. The molecule has 3 aliphatic rings. The number of hydrogen-bond donors (Lipinski definition) is 1. The fourth-order valence-electron chi connectivity index (χ4n) is 3.35. The van der Waals surface area contributed by atoms with Crippen molar-refractivity contribution in [3.63, 3.8) is 0 Å². The van der Waals surface area contributed by atoms with Crippen LogP contribution < -0.4 is 0 Å². The minimum absolute atomic E-state index is 0.0234. The molecule has 0 bridgehead atoms. The second-order valence-corrected chi connectivity index (χ2v) is 6.06. The molecular formula is C16H18O6. The molecule has 3 atom stereocenters. The molecule has 3 unspecified atom stereocenters. The van der Waals surface area contributed by atoms with Crippen molar-refractivity contribution in [3.05, 3.63) is 23.8 Å². The summed E-state index contributed by atoms with van der Waals surface area (Å²) in [6.45, 7) is 0. The van der Waals surface area contributed by atoms with Crippen LogP contribution >= 0.6 is 0 Å². The van der Waals surface area contributed by atoms with Gasteiger partial charge in [-0.15, -0.1) is 0 Å². The maximum atomic E-state index is 11.4. The molecule has 0 radical (unpaired) electrons. The molecule has 2 aliphatic heterocycles. The highest BCUT2D eigenvalue weighted by molar-refractivity contribution is 5.88. The topological polar surface area (TPSA) is 89.9 Å². The summed E-state index contributed by atoms with van der Waals surface area (Å²) in [7, 11) is 0.